The lowest BCUT2D eigenvalue weighted by Crippen LogP contribution is -2.22. The molecule has 0 aliphatic heterocycles. The molecular formula is C10H17N3O3. The maximum Gasteiger partial charge on any atom is 0.313 e. The summed E-state index contributed by atoms with van der Waals surface area (Å²) < 4.78 is 4.43. The molecule has 0 spiro atoms. The Labute approximate surface area is 94.2 Å². The van der Waals surface area contributed by atoms with Crippen molar-refractivity contribution in [3.63, 3.8) is 0 Å². The summed E-state index contributed by atoms with van der Waals surface area (Å²) in [4.78, 5) is 22.4. The third-order valence-electron chi connectivity index (χ3n) is 2.53. The molecular weight excluding hydrogens is 210 g/mol. The molecule has 1 aliphatic carbocycles. The smallest absolute Gasteiger partial charge is 0.313 e. The van der Waals surface area contributed by atoms with Gasteiger partial charge in [0.25, 0.3) is 0 Å². The molecule has 0 saturated heterocycles. The van der Waals surface area contributed by atoms with Crippen molar-refractivity contribution in [3.05, 3.63) is 11.9 Å². The van der Waals surface area contributed by atoms with E-state index in [-0.39, 0.29) is 24.0 Å². The second-order valence-electron chi connectivity index (χ2n) is 3.96. The quantitative estimate of drug-likeness (QED) is 0.280. The average molecular weight is 227 g/mol. The summed E-state index contributed by atoms with van der Waals surface area (Å²) in [6.07, 6.45) is 2.09. The maximum atomic E-state index is 11.5. The van der Waals surface area contributed by atoms with Crippen LogP contribution in [-0.2, 0) is 14.3 Å². The zero-order valence-corrected chi connectivity index (χ0v) is 9.47. The Morgan fingerprint density at radius 1 is 1.50 bits per heavy atom. The highest BCUT2D eigenvalue weighted by Crippen LogP contribution is 2.43. The van der Waals surface area contributed by atoms with E-state index in [1.165, 1.54) is 12.1 Å². The fourth-order valence-corrected chi connectivity index (χ4v) is 1.60. The Bertz CT molecular complexity index is 325. The van der Waals surface area contributed by atoms with Gasteiger partial charge >= 0.3 is 5.97 Å². The molecule has 1 saturated carbocycles. The van der Waals surface area contributed by atoms with Crippen molar-refractivity contribution in [1.82, 2.24) is 5.01 Å². The normalized spacial score (nSPS) is 23.8. The number of rotatable bonds is 5. The molecule has 2 unspecified atom stereocenters. The van der Waals surface area contributed by atoms with Gasteiger partial charge in [0.15, 0.2) is 0 Å². The summed E-state index contributed by atoms with van der Waals surface area (Å²) in [5.74, 6) is 4.64. The van der Waals surface area contributed by atoms with Gasteiger partial charge < -0.3 is 15.5 Å². The summed E-state index contributed by atoms with van der Waals surface area (Å²) in [6.45, 7) is 0. The largest absolute Gasteiger partial charge is 0.469 e. The SMILES string of the molecule is COC(=O)CC(=O)C1CC1/C(N)=C/N(C)N. The molecule has 1 rings (SSSR count). The minimum atomic E-state index is -0.505. The number of hydrogen-bond acceptors (Lipinski definition) is 6. The number of carbonyl (C=O) groups excluding carboxylic acids is 2. The van der Waals surface area contributed by atoms with Crippen LogP contribution in [0.1, 0.15) is 12.8 Å². The molecule has 1 fully saturated rings. The van der Waals surface area contributed by atoms with E-state index in [1.54, 1.807) is 13.2 Å². The Kier molecular flexibility index (Phi) is 3.89. The monoisotopic (exact) mass is 227 g/mol. The van der Waals surface area contributed by atoms with Gasteiger partial charge in [0, 0.05) is 30.8 Å². The lowest BCUT2D eigenvalue weighted by molar-refractivity contribution is -0.143. The number of methoxy groups -OCH3 is 1. The molecule has 0 aromatic heterocycles. The molecule has 0 heterocycles. The number of hydrogen-bond donors (Lipinski definition) is 2. The van der Waals surface area contributed by atoms with Gasteiger partial charge in [-0.2, -0.15) is 0 Å². The van der Waals surface area contributed by atoms with E-state index in [4.69, 9.17) is 11.6 Å². The lowest BCUT2D eigenvalue weighted by atomic mass is 10.1. The summed E-state index contributed by atoms with van der Waals surface area (Å²) >= 11 is 0. The third-order valence-corrected chi connectivity index (χ3v) is 2.53. The van der Waals surface area contributed by atoms with Crippen LogP contribution in [0.3, 0.4) is 0 Å². The zero-order chi connectivity index (χ0) is 12.3. The predicted molar refractivity (Wildman–Crippen MR) is 57.5 cm³/mol. The van der Waals surface area contributed by atoms with E-state index in [1.807, 2.05) is 0 Å². The Balaban J connectivity index is 2.44. The van der Waals surface area contributed by atoms with E-state index < -0.39 is 5.97 Å². The second kappa shape index (κ2) is 4.98. The second-order valence-corrected chi connectivity index (χ2v) is 3.96. The fourth-order valence-electron chi connectivity index (χ4n) is 1.60. The molecule has 6 heteroatoms. The Morgan fingerprint density at radius 3 is 2.62 bits per heavy atom. The topological polar surface area (TPSA) is 98.6 Å². The minimum Gasteiger partial charge on any atom is -0.469 e. The van der Waals surface area contributed by atoms with Gasteiger partial charge in [0.05, 0.1) is 7.11 Å². The number of esters is 1. The first-order valence-electron chi connectivity index (χ1n) is 5.00. The van der Waals surface area contributed by atoms with Crippen LogP contribution < -0.4 is 11.6 Å². The van der Waals surface area contributed by atoms with Crippen molar-refractivity contribution in [2.45, 2.75) is 12.8 Å². The number of ether oxygens (including phenoxy) is 1. The number of carbonyl (C=O) groups is 2. The van der Waals surface area contributed by atoms with Crippen molar-refractivity contribution < 1.29 is 14.3 Å². The maximum absolute atomic E-state index is 11.5. The third kappa shape index (κ3) is 3.23. The van der Waals surface area contributed by atoms with Crippen LogP contribution in [0.25, 0.3) is 0 Å². The van der Waals surface area contributed by atoms with Crippen molar-refractivity contribution >= 4 is 11.8 Å². The fraction of sp³-hybridized carbons (Fsp3) is 0.600. The molecule has 16 heavy (non-hydrogen) atoms. The van der Waals surface area contributed by atoms with E-state index in [0.717, 1.165) is 0 Å². The zero-order valence-electron chi connectivity index (χ0n) is 9.47. The number of nitrogens with zero attached hydrogens (tertiary/aromatic N) is 1. The van der Waals surface area contributed by atoms with E-state index in [2.05, 4.69) is 4.74 Å². The average Bonchev–Trinajstić information content (AvgIpc) is 2.95. The summed E-state index contributed by atoms with van der Waals surface area (Å²) in [7, 11) is 2.91. The Morgan fingerprint density at radius 2 is 2.12 bits per heavy atom. The minimum absolute atomic E-state index is 0.0168. The molecule has 6 nitrogen and oxygen atoms in total. The van der Waals surface area contributed by atoms with Crippen molar-refractivity contribution in [2.24, 2.45) is 23.4 Å². The molecule has 0 radical (unpaired) electrons. The summed E-state index contributed by atoms with van der Waals surface area (Å²) in [5.41, 5.74) is 6.32. The van der Waals surface area contributed by atoms with Crippen LogP contribution in [0, 0.1) is 11.8 Å². The Hall–Kier alpha value is -1.56. The van der Waals surface area contributed by atoms with Crippen molar-refractivity contribution in [1.29, 1.82) is 0 Å². The lowest BCUT2D eigenvalue weighted by Gasteiger charge is -2.07. The number of Topliss-reactive ketones (excluding diaryl/α,β-unsaturated/α-hetero) is 1. The summed E-state index contributed by atoms with van der Waals surface area (Å²) in [5, 5.41) is 1.34. The summed E-state index contributed by atoms with van der Waals surface area (Å²) in [6, 6.07) is 0. The number of hydrazine groups is 1. The number of ketones is 1. The van der Waals surface area contributed by atoms with Crippen molar-refractivity contribution in [3.8, 4) is 0 Å². The number of nitrogens with two attached hydrogens (primary N) is 2. The van der Waals surface area contributed by atoms with Crippen LogP contribution in [0.5, 0.6) is 0 Å². The first-order chi connectivity index (χ1) is 7.45. The van der Waals surface area contributed by atoms with Crippen LogP contribution in [0.15, 0.2) is 11.9 Å². The van der Waals surface area contributed by atoms with Crippen LogP contribution in [0.2, 0.25) is 0 Å². The molecule has 0 bridgehead atoms. The number of allylic oxidation sites excluding steroid dienone is 1. The molecule has 0 aromatic carbocycles. The van der Waals surface area contributed by atoms with Gasteiger partial charge in [-0.1, -0.05) is 0 Å². The van der Waals surface area contributed by atoms with Gasteiger partial charge in [0.1, 0.15) is 12.2 Å². The highest BCUT2D eigenvalue weighted by Gasteiger charge is 2.44. The highest BCUT2D eigenvalue weighted by atomic mass is 16.5. The molecule has 2 atom stereocenters. The van der Waals surface area contributed by atoms with Gasteiger partial charge in [-0.15, -0.1) is 0 Å². The van der Waals surface area contributed by atoms with Crippen LogP contribution in [0.4, 0.5) is 0 Å². The standard InChI is InChI=1S/C10H17N3O3/c1-13(12)5-8(11)6-3-7(6)9(14)4-10(15)16-2/h5-7H,3-4,11-12H2,1-2H3/b8-5-. The highest BCUT2D eigenvalue weighted by molar-refractivity contribution is 5.98. The van der Waals surface area contributed by atoms with Gasteiger partial charge in [-0.05, 0) is 6.42 Å². The molecule has 0 aromatic rings. The van der Waals surface area contributed by atoms with Crippen molar-refractivity contribution in [2.75, 3.05) is 14.2 Å². The first-order valence-corrected chi connectivity index (χ1v) is 5.00. The molecule has 90 valence electrons. The van der Waals surface area contributed by atoms with Gasteiger partial charge in [-0.3, -0.25) is 9.59 Å². The molecule has 4 N–H and O–H groups in total. The van der Waals surface area contributed by atoms with E-state index >= 15 is 0 Å². The van der Waals surface area contributed by atoms with Crippen LogP contribution >= 0.6 is 0 Å². The van der Waals surface area contributed by atoms with E-state index in [0.29, 0.717) is 12.1 Å². The van der Waals surface area contributed by atoms with Gasteiger partial charge in [-0.25, -0.2) is 5.84 Å². The van der Waals surface area contributed by atoms with Crippen LogP contribution in [-0.4, -0.2) is 30.9 Å². The van der Waals surface area contributed by atoms with E-state index in [9.17, 15) is 9.59 Å². The molecule has 1 aliphatic rings. The predicted octanol–water partition coefficient (Wildman–Crippen LogP) is -0.640. The van der Waals surface area contributed by atoms with Gasteiger partial charge in [0.2, 0.25) is 0 Å². The first kappa shape index (κ1) is 12.5. The molecule has 0 amide bonds.